The van der Waals surface area contributed by atoms with E-state index in [2.05, 4.69) is 29.2 Å². The molecule has 3 nitrogen and oxygen atoms in total. The van der Waals surface area contributed by atoms with Gasteiger partial charge >= 0.3 is 0 Å². The third-order valence-electron chi connectivity index (χ3n) is 5.79. The molecule has 0 saturated carbocycles. The topological polar surface area (TPSA) is 56.2 Å². The Morgan fingerprint density at radius 1 is 0.483 bits per heavy atom. The number of hydrogen-bond acceptors (Lipinski definition) is 2. The quantitative estimate of drug-likeness (QED) is 0.299. The lowest BCUT2D eigenvalue weighted by Crippen LogP contribution is -1.86. The lowest BCUT2D eigenvalue weighted by atomic mass is 9.92. The molecular weight excluding hydrogens is 358 g/mol. The first-order valence-corrected chi connectivity index (χ1v) is 9.58. The molecule has 0 unspecified atom stereocenters. The predicted molar refractivity (Wildman–Crippen MR) is 120 cm³/mol. The van der Waals surface area contributed by atoms with Crippen LogP contribution in [0.15, 0.2) is 84.9 Å². The Hall–Kier alpha value is -3.98. The van der Waals surface area contributed by atoms with E-state index < -0.39 is 0 Å². The van der Waals surface area contributed by atoms with Crippen LogP contribution in [0, 0.1) is 0 Å². The van der Waals surface area contributed by atoms with Crippen LogP contribution in [0.25, 0.3) is 54.5 Å². The largest absolute Gasteiger partial charge is 0.507 e. The molecule has 6 aromatic rings. The first-order valence-electron chi connectivity index (χ1n) is 9.58. The molecule has 0 radical (unpaired) electrons. The van der Waals surface area contributed by atoms with E-state index in [1.807, 2.05) is 48.5 Å². The number of H-pyrrole nitrogens is 1. The molecule has 6 rings (SSSR count). The lowest BCUT2D eigenvalue weighted by Gasteiger charge is -2.13. The maximum atomic E-state index is 11.0. The van der Waals surface area contributed by atoms with E-state index in [-0.39, 0.29) is 11.5 Å². The fraction of sp³-hybridized carbons (Fsp3) is 0. The normalized spacial score (nSPS) is 11.7. The summed E-state index contributed by atoms with van der Waals surface area (Å²) in [6.07, 6.45) is 0. The molecule has 138 valence electrons. The second-order valence-electron chi connectivity index (χ2n) is 7.40. The number of aromatic amines is 1. The minimum atomic E-state index is 0.151. The molecule has 0 aliphatic rings. The summed E-state index contributed by atoms with van der Waals surface area (Å²) in [5.41, 5.74) is 3.24. The van der Waals surface area contributed by atoms with Gasteiger partial charge in [-0.05, 0) is 45.8 Å². The van der Waals surface area contributed by atoms with Crippen molar-refractivity contribution in [2.24, 2.45) is 0 Å². The van der Waals surface area contributed by atoms with Crippen molar-refractivity contribution in [2.75, 3.05) is 0 Å². The maximum absolute atomic E-state index is 11.0. The second kappa shape index (κ2) is 5.76. The first-order chi connectivity index (χ1) is 14.2. The van der Waals surface area contributed by atoms with Gasteiger partial charge in [-0.2, -0.15) is 0 Å². The summed E-state index contributed by atoms with van der Waals surface area (Å²) in [6, 6.07) is 27.5. The molecule has 29 heavy (non-hydrogen) atoms. The molecule has 0 aliphatic carbocycles. The third-order valence-corrected chi connectivity index (χ3v) is 5.79. The van der Waals surface area contributed by atoms with Crippen molar-refractivity contribution in [2.45, 2.75) is 0 Å². The number of hydrogen-bond donors (Lipinski definition) is 3. The standard InChI is InChI=1S/C26H17NO2/c28-21-13-10-16-6-2-4-8-18(16)24(21)26-22(29)14-12-20-25(26)23-17-7-3-1-5-15(17)9-11-19(23)27-20/h1-14,27-29H. The summed E-state index contributed by atoms with van der Waals surface area (Å²) >= 11 is 0. The first kappa shape index (κ1) is 16.0. The summed E-state index contributed by atoms with van der Waals surface area (Å²) in [5.74, 6) is 0.305. The van der Waals surface area contributed by atoms with Gasteiger partial charge in [-0.1, -0.05) is 60.7 Å². The van der Waals surface area contributed by atoms with Gasteiger partial charge < -0.3 is 15.2 Å². The molecule has 0 bridgehead atoms. The van der Waals surface area contributed by atoms with Gasteiger partial charge in [0.05, 0.1) is 0 Å². The van der Waals surface area contributed by atoms with Crippen molar-refractivity contribution < 1.29 is 10.2 Å². The number of phenols is 2. The molecule has 0 fully saturated rings. The predicted octanol–water partition coefficient (Wildman–Crippen LogP) is 6.71. The van der Waals surface area contributed by atoms with E-state index in [0.717, 1.165) is 43.4 Å². The summed E-state index contributed by atoms with van der Waals surface area (Å²) < 4.78 is 0. The van der Waals surface area contributed by atoms with Crippen molar-refractivity contribution in [1.29, 1.82) is 0 Å². The Balaban J connectivity index is 1.89. The molecule has 0 aliphatic heterocycles. The zero-order valence-corrected chi connectivity index (χ0v) is 15.5. The number of benzene rings is 5. The summed E-state index contributed by atoms with van der Waals surface area (Å²) in [5, 5.41) is 28.0. The van der Waals surface area contributed by atoms with Crippen molar-refractivity contribution in [3.63, 3.8) is 0 Å². The average Bonchev–Trinajstić information content (AvgIpc) is 3.14. The number of nitrogens with one attached hydrogen (secondary N) is 1. The molecule has 0 saturated heterocycles. The molecule has 1 heterocycles. The van der Waals surface area contributed by atoms with E-state index in [4.69, 9.17) is 0 Å². The highest BCUT2D eigenvalue weighted by Crippen LogP contribution is 2.47. The van der Waals surface area contributed by atoms with E-state index in [1.54, 1.807) is 12.1 Å². The number of aromatic hydroxyl groups is 2. The van der Waals surface area contributed by atoms with Crippen molar-refractivity contribution >= 4 is 43.4 Å². The van der Waals surface area contributed by atoms with Crippen molar-refractivity contribution in [3.05, 3.63) is 84.9 Å². The number of rotatable bonds is 1. The highest BCUT2D eigenvalue weighted by Gasteiger charge is 2.20. The number of aromatic nitrogens is 1. The van der Waals surface area contributed by atoms with Gasteiger partial charge in [-0.25, -0.2) is 0 Å². The number of fused-ring (bicyclic) bond motifs is 6. The zero-order valence-electron chi connectivity index (χ0n) is 15.5. The van der Waals surface area contributed by atoms with Crippen LogP contribution in [0.2, 0.25) is 0 Å². The van der Waals surface area contributed by atoms with Crippen molar-refractivity contribution in [1.82, 2.24) is 4.98 Å². The number of phenolic OH excluding ortho intramolecular Hbond substituents is 2. The molecule has 1 aromatic heterocycles. The van der Waals surface area contributed by atoms with Gasteiger partial charge in [0.1, 0.15) is 11.5 Å². The maximum Gasteiger partial charge on any atom is 0.124 e. The Bertz CT molecular complexity index is 1580. The van der Waals surface area contributed by atoms with E-state index in [1.165, 1.54) is 0 Å². The zero-order chi connectivity index (χ0) is 19.5. The Morgan fingerprint density at radius 2 is 1.03 bits per heavy atom. The van der Waals surface area contributed by atoms with Crippen LogP contribution in [0.1, 0.15) is 0 Å². The molecule has 3 heteroatoms. The van der Waals surface area contributed by atoms with Gasteiger partial charge in [0.15, 0.2) is 0 Å². The fourth-order valence-electron chi connectivity index (χ4n) is 4.52. The Kier molecular flexibility index (Phi) is 3.18. The minimum Gasteiger partial charge on any atom is -0.507 e. The molecule has 3 N–H and O–H groups in total. The van der Waals surface area contributed by atoms with Crippen LogP contribution in [-0.2, 0) is 0 Å². The van der Waals surface area contributed by atoms with E-state index in [9.17, 15) is 10.2 Å². The monoisotopic (exact) mass is 375 g/mol. The van der Waals surface area contributed by atoms with Gasteiger partial charge in [0, 0.05) is 32.9 Å². The van der Waals surface area contributed by atoms with Crippen LogP contribution >= 0.6 is 0 Å². The van der Waals surface area contributed by atoms with E-state index >= 15 is 0 Å². The molecular formula is C26H17NO2. The minimum absolute atomic E-state index is 0.151. The molecule has 0 spiro atoms. The second-order valence-corrected chi connectivity index (χ2v) is 7.40. The summed E-state index contributed by atoms with van der Waals surface area (Å²) in [7, 11) is 0. The lowest BCUT2D eigenvalue weighted by molar-refractivity contribution is 0.470. The van der Waals surface area contributed by atoms with Gasteiger partial charge in [-0.3, -0.25) is 0 Å². The van der Waals surface area contributed by atoms with Crippen LogP contribution in [-0.4, -0.2) is 15.2 Å². The Labute approximate surface area is 166 Å². The van der Waals surface area contributed by atoms with Crippen LogP contribution in [0.4, 0.5) is 0 Å². The van der Waals surface area contributed by atoms with Crippen LogP contribution in [0.3, 0.4) is 0 Å². The molecule has 0 amide bonds. The molecule has 5 aromatic carbocycles. The van der Waals surface area contributed by atoms with Gasteiger partial charge in [-0.15, -0.1) is 0 Å². The smallest absolute Gasteiger partial charge is 0.124 e. The highest BCUT2D eigenvalue weighted by atomic mass is 16.3. The van der Waals surface area contributed by atoms with Crippen molar-refractivity contribution in [3.8, 4) is 22.6 Å². The Morgan fingerprint density at radius 3 is 1.86 bits per heavy atom. The summed E-state index contributed by atoms with van der Waals surface area (Å²) in [6.45, 7) is 0. The van der Waals surface area contributed by atoms with Gasteiger partial charge in [0.25, 0.3) is 0 Å². The van der Waals surface area contributed by atoms with E-state index in [0.29, 0.717) is 11.1 Å². The molecule has 0 atom stereocenters. The SMILES string of the molecule is Oc1ccc2ccccc2c1-c1c(O)ccc2[nH]c3ccc4ccccc4c3c12. The highest BCUT2D eigenvalue weighted by molar-refractivity contribution is 6.26. The van der Waals surface area contributed by atoms with Gasteiger partial charge in [0.2, 0.25) is 0 Å². The average molecular weight is 375 g/mol. The third kappa shape index (κ3) is 2.18. The fourth-order valence-corrected chi connectivity index (χ4v) is 4.52. The summed E-state index contributed by atoms with van der Waals surface area (Å²) in [4.78, 5) is 3.48. The van der Waals surface area contributed by atoms with Crippen LogP contribution in [0.5, 0.6) is 11.5 Å². The van der Waals surface area contributed by atoms with Crippen LogP contribution < -0.4 is 0 Å².